The molecule has 1 heterocycles. The predicted molar refractivity (Wildman–Crippen MR) is 64.7 cm³/mol. The molecule has 0 aliphatic rings. The molecular formula is C11H17ClF3N3. The molecule has 0 radical (unpaired) electrons. The summed E-state index contributed by atoms with van der Waals surface area (Å²) in [4.78, 5) is 0. The van der Waals surface area contributed by atoms with Crippen molar-refractivity contribution >= 4 is 11.6 Å². The fourth-order valence-corrected chi connectivity index (χ4v) is 2.08. The molecule has 1 unspecified atom stereocenters. The lowest BCUT2D eigenvalue weighted by Crippen LogP contribution is -2.23. The summed E-state index contributed by atoms with van der Waals surface area (Å²) in [6.45, 7) is 3.81. The van der Waals surface area contributed by atoms with Gasteiger partial charge in [0.1, 0.15) is 0 Å². The van der Waals surface area contributed by atoms with Crippen LogP contribution < -0.4 is 5.32 Å². The molecule has 0 spiro atoms. The lowest BCUT2D eigenvalue weighted by Gasteiger charge is -2.21. The van der Waals surface area contributed by atoms with Crippen LogP contribution in [0.2, 0.25) is 5.02 Å². The molecule has 0 saturated heterocycles. The highest BCUT2D eigenvalue weighted by Crippen LogP contribution is 2.31. The summed E-state index contributed by atoms with van der Waals surface area (Å²) in [7, 11) is 1.62. The number of nitrogens with one attached hydrogen (secondary N) is 1. The fourth-order valence-electron chi connectivity index (χ4n) is 1.81. The lowest BCUT2D eigenvalue weighted by atomic mass is 10.1. The zero-order valence-electron chi connectivity index (χ0n) is 10.6. The molecule has 1 aromatic rings. The van der Waals surface area contributed by atoms with Crippen LogP contribution in [0.25, 0.3) is 0 Å². The summed E-state index contributed by atoms with van der Waals surface area (Å²) in [6, 6.07) is -0.404. The van der Waals surface area contributed by atoms with Crippen LogP contribution in [0.3, 0.4) is 0 Å². The van der Waals surface area contributed by atoms with Gasteiger partial charge in [0, 0.05) is 12.5 Å². The van der Waals surface area contributed by atoms with Crippen molar-refractivity contribution in [1.29, 1.82) is 0 Å². The standard InChI is InChI=1S/C11H17ClF3N3/c1-7(2)18-10(8(12)6-17-18)9(16-3)4-5-11(13,14)15/h6-7,9,16H,4-5H2,1-3H3. The minimum atomic E-state index is -4.16. The summed E-state index contributed by atoms with van der Waals surface area (Å²) in [5.41, 5.74) is 0.610. The average molecular weight is 284 g/mol. The monoisotopic (exact) mass is 283 g/mol. The summed E-state index contributed by atoms with van der Waals surface area (Å²) >= 11 is 6.01. The number of hydrogen-bond acceptors (Lipinski definition) is 2. The highest BCUT2D eigenvalue weighted by Gasteiger charge is 2.30. The predicted octanol–water partition coefficient (Wildman–Crippen LogP) is 3.72. The second kappa shape index (κ2) is 5.93. The molecular weight excluding hydrogens is 267 g/mol. The topological polar surface area (TPSA) is 29.9 Å². The Bertz CT molecular complexity index is 387. The van der Waals surface area contributed by atoms with Crippen LogP contribution in [0.5, 0.6) is 0 Å². The first kappa shape index (κ1) is 15.3. The summed E-state index contributed by atoms with van der Waals surface area (Å²) in [6.07, 6.45) is -3.60. The van der Waals surface area contributed by atoms with E-state index in [1.54, 1.807) is 11.7 Å². The van der Waals surface area contributed by atoms with Gasteiger partial charge in [0.25, 0.3) is 0 Å². The summed E-state index contributed by atoms with van der Waals surface area (Å²) < 4.78 is 38.5. The molecule has 0 aromatic carbocycles. The van der Waals surface area contributed by atoms with Gasteiger partial charge in [0.05, 0.1) is 23.0 Å². The third kappa shape index (κ3) is 3.88. The Hall–Kier alpha value is -0.750. The van der Waals surface area contributed by atoms with Crippen molar-refractivity contribution in [2.75, 3.05) is 7.05 Å². The van der Waals surface area contributed by atoms with Gasteiger partial charge in [0.2, 0.25) is 0 Å². The molecule has 0 amide bonds. The Morgan fingerprint density at radius 3 is 2.50 bits per heavy atom. The largest absolute Gasteiger partial charge is 0.389 e. The second-order valence-electron chi connectivity index (χ2n) is 4.41. The van der Waals surface area contributed by atoms with Crippen molar-refractivity contribution < 1.29 is 13.2 Å². The van der Waals surface area contributed by atoms with E-state index in [0.29, 0.717) is 10.7 Å². The quantitative estimate of drug-likeness (QED) is 0.892. The van der Waals surface area contributed by atoms with Crippen LogP contribution >= 0.6 is 11.6 Å². The Morgan fingerprint density at radius 1 is 1.44 bits per heavy atom. The van der Waals surface area contributed by atoms with E-state index < -0.39 is 18.6 Å². The van der Waals surface area contributed by atoms with Gasteiger partial charge in [-0.2, -0.15) is 18.3 Å². The Kier molecular flexibility index (Phi) is 5.04. The Morgan fingerprint density at radius 2 is 2.06 bits per heavy atom. The van der Waals surface area contributed by atoms with Gasteiger partial charge in [-0.25, -0.2) is 0 Å². The first-order valence-corrected chi connectivity index (χ1v) is 6.11. The van der Waals surface area contributed by atoms with Gasteiger partial charge in [-0.3, -0.25) is 4.68 Å². The van der Waals surface area contributed by atoms with Crippen molar-refractivity contribution in [2.45, 2.75) is 44.9 Å². The van der Waals surface area contributed by atoms with E-state index in [2.05, 4.69) is 10.4 Å². The maximum absolute atomic E-state index is 12.3. The molecule has 1 atom stereocenters. The highest BCUT2D eigenvalue weighted by molar-refractivity contribution is 6.31. The van der Waals surface area contributed by atoms with Crippen LogP contribution in [0, 0.1) is 0 Å². The first-order chi connectivity index (χ1) is 8.26. The smallest absolute Gasteiger partial charge is 0.312 e. The second-order valence-corrected chi connectivity index (χ2v) is 4.82. The van der Waals surface area contributed by atoms with Gasteiger partial charge in [-0.15, -0.1) is 0 Å². The normalized spacial score (nSPS) is 14.2. The van der Waals surface area contributed by atoms with Gasteiger partial charge < -0.3 is 5.32 Å². The van der Waals surface area contributed by atoms with Crippen molar-refractivity contribution in [1.82, 2.24) is 15.1 Å². The van der Waals surface area contributed by atoms with Gasteiger partial charge in [0.15, 0.2) is 0 Å². The maximum Gasteiger partial charge on any atom is 0.389 e. The van der Waals surface area contributed by atoms with Crippen molar-refractivity contribution in [3.05, 3.63) is 16.9 Å². The molecule has 1 aromatic heterocycles. The minimum absolute atomic E-state index is 0.0502. The molecule has 104 valence electrons. The SMILES string of the molecule is CNC(CCC(F)(F)F)c1c(Cl)cnn1C(C)C. The third-order valence-electron chi connectivity index (χ3n) is 2.67. The van der Waals surface area contributed by atoms with Gasteiger partial charge in [-0.05, 0) is 27.3 Å². The molecule has 0 aliphatic heterocycles. The number of halogens is 4. The summed E-state index contributed by atoms with van der Waals surface area (Å²) in [5, 5.41) is 7.35. The van der Waals surface area contributed by atoms with Gasteiger partial charge >= 0.3 is 6.18 Å². The van der Waals surface area contributed by atoms with E-state index in [1.807, 2.05) is 13.8 Å². The molecule has 3 nitrogen and oxygen atoms in total. The van der Waals surface area contributed by atoms with E-state index in [4.69, 9.17) is 11.6 Å². The Balaban J connectivity index is 2.91. The van der Waals surface area contributed by atoms with Crippen LogP contribution in [-0.2, 0) is 0 Å². The molecule has 7 heteroatoms. The zero-order chi connectivity index (χ0) is 13.9. The van der Waals surface area contributed by atoms with Crippen LogP contribution in [0.1, 0.15) is 44.5 Å². The maximum atomic E-state index is 12.3. The lowest BCUT2D eigenvalue weighted by molar-refractivity contribution is -0.136. The highest BCUT2D eigenvalue weighted by atomic mass is 35.5. The molecule has 0 fully saturated rings. The van der Waals surface area contributed by atoms with E-state index in [0.717, 1.165) is 0 Å². The van der Waals surface area contributed by atoms with Crippen molar-refractivity contribution in [3.63, 3.8) is 0 Å². The molecule has 0 aliphatic carbocycles. The Labute approximate surface area is 109 Å². The number of alkyl halides is 3. The molecule has 1 N–H and O–H groups in total. The minimum Gasteiger partial charge on any atom is -0.312 e. The average Bonchev–Trinajstić information content (AvgIpc) is 2.60. The molecule has 0 saturated carbocycles. The van der Waals surface area contributed by atoms with E-state index in [1.165, 1.54) is 6.20 Å². The number of rotatable bonds is 5. The number of aromatic nitrogens is 2. The number of nitrogens with zero attached hydrogens (tertiary/aromatic N) is 2. The van der Waals surface area contributed by atoms with E-state index in [9.17, 15) is 13.2 Å². The third-order valence-corrected chi connectivity index (χ3v) is 2.96. The van der Waals surface area contributed by atoms with Gasteiger partial charge in [-0.1, -0.05) is 11.6 Å². The fraction of sp³-hybridized carbons (Fsp3) is 0.727. The summed E-state index contributed by atoms with van der Waals surface area (Å²) in [5.74, 6) is 0. The van der Waals surface area contributed by atoms with Crippen LogP contribution in [0.4, 0.5) is 13.2 Å². The van der Waals surface area contributed by atoms with E-state index in [-0.39, 0.29) is 12.5 Å². The zero-order valence-corrected chi connectivity index (χ0v) is 11.3. The van der Waals surface area contributed by atoms with E-state index >= 15 is 0 Å². The molecule has 0 bridgehead atoms. The van der Waals surface area contributed by atoms with Crippen molar-refractivity contribution in [3.8, 4) is 0 Å². The molecule has 1 rings (SSSR count). The number of hydrogen-bond donors (Lipinski definition) is 1. The first-order valence-electron chi connectivity index (χ1n) is 5.73. The van der Waals surface area contributed by atoms with Crippen LogP contribution in [-0.4, -0.2) is 23.0 Å². The van der Waals surface area contributed by atoms with Crippen molar-refractivity contribution in [2.24, 2.45) is 0 Å². The van der Waals surface area contributed by atoms with Crippen LogP contribution in [0.15, 0.2) is 6.20 Å². The molecule has 18 heavy (non-hydrogen) atoms.